The number of nitro benzene ring substituents is 1. The molecule has 0 aliphatic rings. The van der Waals surface area contributed by atoms with E-state index in [-0.39, 0.29) is 22.7 Å². The third-order valence-corrected chi connectivity index (χ3v) is 3.48. The second kappa shape index (κ2) is 6.65. The number of hydrogen-bond donors (Lipinski definition) is 3. The molecule has 0 spiro atoms. The van der Waals surface area contributed by atoms with Crippen LogP contribution in [-0.2, 0) is 0 Å². The van der Waals surface area contributed by atoms with E-state index in [0.29, 0.717) is 0 Å². The summed E-state index contributed by atoms with van der Waals surface area (Å²) in [5.41, 5.74) is -1.65. The van der Waals surface area contributed by atoms with Crippen LogP contribution in [0.2, 0.25) is 5.02 Å². The Hall–Kier alpha value is -1.70. The highest BCUT2D eigenvalue weighted by molar-refractivity contribution is 6.35. The Kier molecular flexibility index (Phi) is 5.43. The largest absolute Gasteiger partial charge is 0.394 e. The molecule has 1 aromatic carbocycles. The van der Waals surface area contributed by atoms with Crippen molar-refractivity contribution in [3.05, 3.63) is 38.9 Å². The minimum atomic E-state index is -1.19. The van der Waals surface area contributed by atoms with Crippen LogP contribution in [0.15, 0.2) is 18.2 Å². The van der Waals surface area contributed by atoms with Crippen LogP contribution < -0.4 is 5.32 Å². The second-order valence-electron chi connectivity index (χ2n) is 4.30. The lowest BCUT2D eigenvalue weighted by molar-refractivity contribution is -0.384. The quantitative estimate of drug-likeness (QED) is 0.538. The lowest BCUT2D eigenvalue weighted by Crippen LogP contribution is -2.53. The van der Waals surface area contributed by atoms with Crippen LogP contribution in [0.4, 0.5) is 5.69 Å². The van der Waals surface area contributed by atoms with Gasteiger partial charge in [-0.25, -0.2) is 0 Å². The van der Waals surface area contributed by atoms with Crippen LogP contribution in [0.3, 0.4) is 0 Å². The maximum Gasteiger partial charge on any atom is 0.288 e. The Morgan fingerprint density at radius 1 is 1.45 bits per heavy atom. The van der Waals surface area contributed by atoms with Gasteiger partial charge in [0.05, 0.1) is 29.2 Å². The van der Waals surface area contributed by atoms with Gasteiger partial charge in [0.15, 0.2) is 0 Å². The first-order valence-electron chi connectivity index (χ1n) is 5.88. The number of rotatable bonds is 6. The van der Waals surface area contributed by atoms with Crippen molar-refractivity contribution in [3.8, 4) is 0 Å². The highest BCUT2D eigenvalue weighted by Crippen LogP contribution is 2.28. The second-order valence-corrected chi connectivity index (χ2v) is 4.68. The van der Waals surface area contributed by atoms with Crippen LogP contribution >= 0.6 is 11.6 Å². The lowest BCUT2D eigenvalue weighted by Gasteiger charge is -2.29. The van der Waals surface area contributed by atoms with Crippen LogP contribution in [0, 0.1) is 10.1 Å². The fraction of sp³-hybridized carbons (Fsp3) is 0.417. The lowest BCUT2D eigenvalue weighted by atomic mass is 9.97. The first-order valence-corrected chi connectivity index (χ1v) is 6.25. The van der Waals surface area contributed by atoms with Crippen LogP contribution in [0.5, 0.6) is 0 Å². The summed E-state index contributed by atoms with van der Waals surface area (Å²) in [4.78, 5) is 22.2. The van der Waals surface area contributed by atoms with Gasteiger partial charge in [0.2, 0.25) is 0 Å². The Labute approximate surface area is 120 Å². The fourth-order valence-corrected chi connectivity index (χ4v) is 1.87. The Bertz CT molecular complexity index is 508. The standard InChI is InChI=1S/C12H15ClN2O5/c1-2-12(6-16,7-17)14-11(18)8-4-3-5-9(10(8)13)15(19)20/h3-5,16-17H,2,6-7H2,1H3,(H,14,18). The molecule has 0 aromatic heterocycles. The molecule has 3 N–H and O–H groups in total. The number of aliphatic hydroxyl groups is 2. The minimum Gasteiger partial charge on any atom is -0.394 e. The SMILES string of the molecule is CCC(CO)(CO)NC(=O)c1cccc([N+](=O)[O-])c1Cl. The predicted octanol–water partition coefficient (Wildman–Crippen LogP) is 1.11. The smallest absolute Gasteiger partial charge is 0.288 e. The summed E-state index contributed by atoms with van der Waals surface area (Å²) in [5, 5.41) is 31.5. The molecule has 7 nitrogen and oxygen atoms in total. The van der Waals surface area contributed by atoms with E-state index < -0.39 is 29.6 Å². The van der Waals surface area contributed by atoms with Crippen molar-refractivity contribution < 1.29 is 19.9 Å². The van der Waals surface area contributed by atoms with Gasteiger partial charge in [-0.3, -0.25) is 14.9 Å². The molecule has 0 aliphatic heterocycles. The molecule has 0 saturated heterocycles. The third kappa shape index (κ3) is 3.24. The number of nitrogens with one attached hydrogen (secondary N) is 1. The van der Waals surface area contributed by atoms with E-state index in [4.69, 9.17) is 11.6 Å². The molecule has 8 heteroatoms. The number of nitro groups is 1. The zero-order valence-electron chi connectivity index (χ0n) is 10.8. The average molecular weight is 303 g/mol. The topological polar surface area (TPSA) is 113 Å². The molecule has 1 amide bonds. The summed E-state index contributed by atoms with van der Waals surface area (Å²) in [7, 11) is 0. The number of nitrogens with zero attached hydrogens (tertiary/aromatic N) is 1. The minimum absolute atomic E-state index is 0.0828. The molecule has 110 valence electrons. The monoisotopic (exact) mass is 302 g/mol. The van der Waals surface area contributed by atoms with Crippen molar-refractivity contribution in [3.63, 3.8) is 0 Å². The number of benzene rings is 1. The van der Waals surface area contributed by atoms with Gasteiger partial charge in [-0.2, -0.15) is 0 Å². The number of carbonyl (C=O) groups excluding carboxylic acids is 1. The van der Waals surface area contributed by atoms with Crippen LogP contribution in [0.25, 0.3) is 0 Å². The first kappa shape index (κ1) is 16.4. The highest BCUT2D eigenvalue weighted by Gasteiger charge is 2.30. The van der Waals surface area contributed by atoms with E-state index >= 15 is 0 Å². The maximum atomic E-state index is 12.1. The van der Waals surface area contributed by atoms with E-state index in [2.05, 4.69) is 5.32 Å². The van der Waals surface area contributed by atoms with E-state index in [1.54, 1.807) is 6.92 Å². The summed E-state index contributed by atoms with van der Waals surface area (Å²) >= 11 is 5.83. The molecule has 20 heavy (non-hydrogen) atoms. The molecular formula is C12H15ClN2O5. The summed E-state index contributed by atoms with van der Waals surface area (Å²) in [6.45, 7) is 0.762. The first-order chi connectivity index (χ1) is 9.40. The van der Waals surface area contributed by atoms with Gasteiger partial charge in [0.25, 0.3) is 11.6 Å². The molecule has 0 radical (unpaired) electrons. The Morgan fingerprint density at radius 2 is 2.05 bits per heavy atom. The summed E-state index contributed by atoms with van der Waals surface area (Å²) in [6, 6.07) is 3.86. The Morgan fingerprint density at radius 3 is 2.50 bits per heavy atom. The van der Waals surface area contributed by atoms with E-state index in [1.807, 2.05) is 0 Å². The molecule has 1 rings (SSSR count). The Balaban J connectivity index is 3.10. The van der Waals surface area contributed by atoms with E-state index in [9.17, 15) is 25.1 Å². The summed E-state index contributed by atoms with van der Waals surface area (Å²) in [5.74, 6) is -0.691. The van der Waals surface area contributed by atoms with Crippen molar-refractivity contribution in [1.82, 2.24) is 5.32 Å². The molecule has 0 atom stereocenters. The third-order valence-electron chi connectivity index (χ3n) is 3.08. The zero-order valence-corrected chi connectivity index (χ0v) is 11.6. The number of halogens is 1. The van der Waals surface area contributed by atoms with Gasteiger partial charge in [-0.05, 0) is 12.5 Å². The molecule has 1 aromatic rings. The van der Waals surface area contributed by atoms with Crippen molar-refractivity contribution in [1.29, 1.82) is 0 Å². The number of carbonyl (C=O) groups is 1. The van der Waals surface area contributed by atoms with Gasteiger partial charge < -0.3 is 15.5 Å². The normalized spacial score (nSPS) is 11.2. The zero-order chi connectivity index (χ0) is 15.3. The molecule has 0 saturated carbocycles. The molecule has 0 bridgehead atoms. The predicted molar refractivity (Wildman–Crippen MR) is 72.8 cm³/mol. The van der Waals surface area contributed by atoms with Gasteiger partial charge >= 0.3 is 0 Å². The maximum absolute atomic E-state index is 12.1. The van der Waals surface area contributed by atoms with E-state index in [1.165, 1.54) is 18.2 Å². The number of aliphatic hydroxyl groups excluding tert-OH is 2. The molecule has 0 heterocycles. The number of amides is 1. The molecule has 0 fully saturated rings. The average Bonchev–Trinajstić information content (AvgIpc) is 2.44. The van der Waals surface area contributed by atoms with Crippen LogP contribution in [-0.4, -0.2) is 39.8 Å². The summed E-state index contributed by atoms with van der Waals surface area (Å²) in [6.07, 6.45) is 0.290. The van der Waals surface area contributed by atoms with Crippen molar-refractivity contribution in [2.45, 2.75) is 18.9 Å². The van der Waals surface area contributed by atoms with Crippen molar-refractivity contribution >= 4 is 23.2 Å². The fourth-order valence-electron chi connectivity index (χ4n) is 1.59. The van der Waals surface area contributed by atoms with Crippen molar-refractivity contribution in [2.24, 2.45) is 0 Å². The van der Waals surface area contributed by atoms with Crippen molar-refractivity contribution in [2.75, 3.05) is 13.2 Å². The van der Waals surface area contributed by atoms with Crippen LogP contribution in [0.1, 0.15) is 23.7 Å². The van der Waals surface area contributed by atoms with Gasteiger partial charge in [-0.1, -0.05) is 24.6 Å². The summed E-state index contributed by atoms with van der Waals surface area (Å²) < 4.78 is 0. The van der Waals surface area contributed by atoms with E-state index in [0.717, 1.165) is 0 Å². The molecule has 0 unspecified atom stereocenters. The molecule has 0 aliphatic carbocycles. The van der Waals surface area contributed by atoms with Gasteiger partial charge in [0, 0.05) is 6.07 Å². The molecular weight excluding hydrogens is 288 g/mol. The highest BCUT2D eigenvalue weighted by atomic mass is 35.5. The number of hydrogen-bond acceptors (Lipinski definition) is 5. The van der Waals surface area contributed by atoms with Gasteiger partial charge in [-0.15, -0.1) is 0 Å². The van der Waals surface area contributed by atoms with Gasteiger partial charge in [0.1, 0.15) is 5.02 Å².